The number of benzene rings is 1. The lowest BCUT2D eigenvalue weighted by atomic mass is 10.3. The van der Waals surface area contributed by atoms with E-state index in [0.717, 1.165) is 10.2 Å². The fraction of sp³-hybridized carbons (Fsp3) is 0.143. The molecular weight excluding hydrogens is 192 g/mol. The molecule has 1 rings (SSSR count). The predicted molar refractivity (Wildman–Crippen MR) is 46.7 cm³/mol. The normalized spacial score (nSPS) is 9.50. The summed E-state index contributed by atoms with van der Waals surface area (Å²) < 4.78 is 1.07. The number of hydrogen-bond acceptors (Lipinski definition) is 2. The summed E-state index contributed by atoms with van der Waals surface area (Å²) in [6, 6.07) is 7.81. The van der Waals surface area contributed by atoms with E-state index < -0.39 is 0 Å². The molecule has 0 aromatic heterocycles. The van der Waals surface area contributed by atoms with Crippen LogP contribution in [-0.4, -0.2) is 7.05 Å². The van der Waals surface area contributed by atoms with Crippen molar-refractivity contribution in [2.75, 3.05) is 12.1 Å². The van der Waals surface area contributed by atoms with E-state index in [0.29, 0.717) is 0 Å². The van der Waals surface area contributed by atoms with Gasteiger partial charge in [0.25, 0.3) is 0 Å². The van der Waals surface area contributed by atoms with Crippen molar-refractivity contribution >= 4 is 21.6 Å². The minimum atomic E-state index is 1.00. The standard InChI is InChI=1S/C7H9BrN2/c1-10(9)7-4-2-6(8)3-5-7/h2-5H,9H2,1H3. The molecule has 2 N–H and O–H groups in total. The van der Waals surface area contributed by atoms with E-state index in [1.54, 1.807) is 5.01 Å². The van der Waals surface area contributed by atoms with E-state index in [2.05, 4.69) is 15.9 Å². The highest BCUT2D eigenvalue weighted by atomic mass is 79.9. The van der Waals surface area contributed by atoms with Gasteiger partial charge in [-0.3, -0.25) is 0 Å². The van der Waals surface area contributed by atoms with Gasteiger partial charge < -0.3 is 5.01 Å². The fourth-order valence-corrected chi connectivity index (χ4v) is 0.941. The van der Waals surface area contributed by atoms with E-state index in [9.17, 15) is 0 Å². The van der Waals surface area contributed by atoms with Crippen molar-refractivity contribution in [2.24, 2.45) is 5.84 Å². The summed E-state index contributed by atoms with van der Waals surface area (Å²) in [5, 5.41) is 1.58. The molecule has 1 aromatic carbocycles. The Balaban J connectivity index is 2.89. The lowest BCUT2D eigenvalue weighted by Crippen LogP contribution is -2.24. The van der Waals surface area contributed by atoms with Crippen LogP contribution in [0.4, 0.5) is 5.69 Å². The second-order valence-electron chi connectivity index (χ2n) is 2.09. The van der Waals surface area contributed by atoms with Crippen LogP contribution in [0.1, 0.15) is 0 Å². The summed E-state index contributed by atoms with van der Waals surface area (Å²) in [6.45, 7) is 0. The highest BCUT2D eigenvalue weighted by Crippen LogP contribution is 2.14. The van der Waals surface area contributed by atoms with E-state index in [1.807, 2.05) is 31.3 Å². The smallest absolute Gasteiger partial charge is 0.0514 e. The Bertz CT molecular complexity index is 205. The fourth-order valence-electron chi connectivity index (χ4n) is 0.676. The molecule has 0 radical (unpaired) electrons. The van der Waals surface area contributed by atoms with Crippen molar-refractivity contribution in [3.05, 3.63) is 28.7 Å². The van der Waals surface area contributed by atoms with E-state index >= 15 is 0 Å². The first-order valence-electron chi connectivity index (χ1n) is 2.94. The van der Waals surface area contributed by atoms with Crippen molar-refractivity contribution < 1.29 is 0 Å². The van der Waals surface area contributed by atoms with Gasteiger partial charge in [0, 0.05) is 11.5 Å². The highest BCUT2D eigenvalue weighted by Gasteiger charge is 1.92. The molecular formula is C7H9BrN2. The van der Waals surface area contributed by atoms with Crippen LogP contribution in [0.3, 0.4) is 0 Å². The van der Waals surface area contributed by atoms with Crippen LogP contribution in [0.2, 0.25) is 0 Å². The highest BCUT2D eigenvalue weighted by molar-refractivity contribution is 9.10. The molecule has 0 atom stereocenters. The summed E-state index contributed by atoms with van der Waals surface area (Å²) in [4.78, 5) is 0. The van der Waals surface area contributed by atoms with Gasteiger partial charge in [-0.05, 0) is 24.3 Å². The van der Waals surface area contributed by atoms with Gasteiger partial charge in [-0.15, -0.1) is 0 Å². The summed E-state index contributed by atoms with van der Waals surface area (Å²) in [5.41, 5.74) is 1.00. The second-order valence-corrected chi connectivity index (χ2v) is 3.00. The van der Waals surface area contributed by atoms with Gasteiger partial charge in [-0.25, -0.2) is 5.84 Å². The summed E-state index contributed by atoms with van der Waals surface area (Å²) in [7, 11) is 1.81. The number of hydrazine groups is 1. The number of rotatable bonds is 1. The summed E-state index contributed by atoms with van der Waals surface area (Å²) in [5.74, 6) is 5.48. The number of anilines is 1. The van der Waals surface area contributed by atoms with Crippen LogP contribution in [0, 0.1) is 0 Å². The molecule has 0 spiro atoms. The molecule has 1 aromatic rings. The van der Waals surface area contributed by atoms with Crippen LogP contribution in [0.15, 0.2) is 28.7 Å². The number of hydrogen-bond donors (Lipinski definition) is 1. The van der Waals surface area contributed by atoms with Gasteiger partial charge >= 0.3 is 0 Å². The van der Waals surface area contributed by atoms with Crippen LogP contribution in [-0.2, 0) is 0 Å². The zero-order valence-electron chi connectivity index (χ0n) is 5.71. The maximum absolute atomic E-state index is 5.48. The minimum Gasteiger partial charge on any atom is -0.314 e. The van der Waals surface area contributed by atoms with Crippen molar-refractivity contribution in [3.63, 3.8) is 0 Å². The summed E-state index contributed by atoms with van der Waals surface area (Å²) in [6.07, 6.45) is 0. The maximum Gasteiger partial charge on any atom is 0.0514 e. The van der Waals surface area contributed by atoms with E-state index in [1.165, 1.54) is 0 Å². The molecule has 0 fully saturated rings. The third kappa shape index (κ3) is 1.72. The zero-order valence-corrected chi connectivity index (χ0v) is 7.30. The van der Waals surface area contributed by atoms with E-state index in [-0.39, 0.29) is 0 Å². The monoisotopic (exact) mass is 200 g/mol. The number of nitrogens with zero attached hydrogens (tertiary/aromatic N) is 1. The lowest BCUT2D eigenvalue weighted by Gasteiger charge is -2.10. The molecule has 0 aliphatic rings. The average molecular weight is 201 g/mol. The molecule has 2 nitrogen and oxygen atoms in total. The summed E-state index contributed by atoms with van der Waals surface area (Å²) >= 11 is 3.34. The van der Waals surface area contributed by atoms with Crippen molar-refractivity contribution in [3.8, 4) is 0 Å². The Hall–Kier alpha value is -0.540. The van der Waals surface area contributed by atoms with Crippen molar-refractivity contribution in [1.29, 1.82) is 0 Å². The molecule has 0 bridgehead atoms. The molecule has 0 aliphatic carbocycles. The Kier molecular flexibility index (Phi) is 2.29. The minimum absolute atomic E-state index is 1.00. The van der Waals surface area contributed by atoms with Gasteiger partial charge in [-0.1, -0.05) is 15.9 Å². The Morgan fingerprint density at radius 1 is 1.30 bits per heavy atom. The third-order valence-electron chi connectivity index (χ3n) is 1.23. The van der Waals surface area contributed by atoms with Crippen molar-refractivity contribution in [1.82, 2.24) is 0 Å². The zero-order chi connectivity index (χ0) is 7.56. The topological polar surface area (TPSA) is 29.3 Å². The largest absolute Gasteiger partial charge is 0.314 e. The molecule has 0 heterocycles. The average Bonchev–Trinajstić information content (AvgIpc) is 1.88. The van der Waals surface area contributed by atoms with Gasteiger partial charge in [0.15, 0.2) is 0 Å². The number of halogens is 1. The van der Waals surface area contributed by atoms with Gasteiger partial charge in [0.1, 0.15) is 0 Å². The Morgan fingerprint density at radius 2 is 1.80 bits per heavy atom. The Morgan fingerprint density at radius 3 is 2.20 bits per heavy atom. The predicted octanol–water partition coefficient (Wildman–Crippen LogP) is 1.76. The quantitative estimate of drug-likeness (QED) is 0.554. The molecule has 0 saturated heterocycles. The first-order chi connectivity index (χ1) is 4.70. The van der Waals surface area contributed by atoms with Crippen LogP contribution in [0.25, 0.3) is 0 Å². The maximum atomic E-state index is 5.48. The molecule has 0 unspecified atom stereocenters. The molecule has 10 heavy (non-hydrogen) atoms. The first kappa shape index (κ1) is 7.57. The van der Waals surface area contributed by atoms with Gasteiger partial charge in [0.2, 0.25) is 0 Å². The van der Waals surface area contributed by atoms with E-state index in [4.69, 9.17) is 5.84 Å². The molecule has 3 heteroatoms. The molecule has 0 amide bonds. The third-order valence-corrected chi connectivity index (χ3v) is 1.76. The first-order valence-corrected chi connectivity index (χ1v) is 3.73. The van der Waals surface area contributed by atoms with Crippen LogP contribution < -0.4 is 10.9 Å². The number of nitrogens with two attached hydrogens (primary N) is 1. The van der Waals surface area contributed by atoms with Crippen molar-refractivity contribution in [2.45, 2.75) is 0 Å². The SMILES string of the molecule is CN(N)c1ccc(Br)cc1. The second kappa shape index (κ2) is 3.03. The lowest BCUT2D eigenvalue weighted by molar-refractivity contribution is 1.02. The van der Waals surface area contributed by atoms with Gasteiger partial charge in [-0.2, -0.15) is 0 Å². The molecule has 0 aliphatic heterocycles. The van der Waals surface area contributed by atoms with Crippen LogP contribution >= 0.6 is 15.9 Å². The Labute approximate surface area is 68.7 Å². The molecule has 54 valence electrons. The van der Waals surface area contributed by atoms with Crippen LogP contribution in [0.5, 0.6) is 0 Å². The molecule has 0 saturated carbocycles. The van der Waals surface area contributed by atoms with Gasteiger partial charge in [0.05, 0.1) is 5.69 Å².